The van der Waals surface area contributed by atoms with Crippen LogP contribution in [-0.4, -0.2) is 42.8 Å². The molecule has 1 aliphatic heterocycles. The summed E-state index contributed by atoms with van der Waals surface area (Å²) in [7, 11) is 1.51. The van der Waals surface area contributed by atoms with Gasteiger partial charge in [-0.2, -0.15) is 0 Å². The monoisotopic (exact) mass is 505 g/mol. The van der Waals surface area contributed by atoms with Gasteiger partial charge in [-0.05, 0) is 55.7 Å². The maximum atomic E-state index is 12.3. The molecule has 0 aromatic heterocycles. The fourth-order valence-corrected chi connectivity index (χ4v) is 3.39. The van der Waals surface area contributed by atoms with E-state index >= 15 is 0 Å². The number of nitrogens with one attached hydrogen (secondary N) is 2. The van der Waals surface area contributed by atoms with Crippen LogP contribution in [-0.2, 0) is 14.4 Å². The summed E-state index contributed by atoms with van der Waals surface area (Å²) in [6, 6.07) is 14.7. The molecule has 0 spiro atoms. The van der Waals surface area contributed by atoms with E-state index < -0.39 is 0 Å². The summed E-state index contributed by atoms with van der Waals surface area (Å²) in [5, 5.41) is 6.62. The molecular weight excluding hydrogens is 473 g/mol. The Morgan fingerprint density at radius 2 is 1.76 bits per heavy atom. The molecule has 1 heterocycles. The van der Waals surface area contributed by atoms with Gasteiger partial charge in [-0.1, -0.05) is 54.4 Å². The van der Waals surface area contributed by atoms with Crippen molar-refractivity contribution in [3.63, 3.8) is 0 Å². The van der Waals surface area contributed by atoms with Crippen LogP contribution in [0.25, 0.3) is 0 Å². The van der Waals surface area contributed by atoms with Gasteiger partial charge in [-0.15, -0.1) is 6.58 Å². The highest BCUT2D eigenvalue weighted by Gasteiger charge is 2.31. The number of carbonyl (C=O) groups excluding carboxylic acids is 3. The van der Waals surface area contributed by atoms with Gasteiger partial charge in [-0.3, -0.25) is 14.4 Å². The summed E-state index contributed by atoms with van der Waals surface area (Å²) >= 11 is 11.5. The van der Waals surface area contributed by atoms with Crippen LogP contribution in [0.2, 0.25) is 10.0 Å². The number of carbonyl (C=O) groups is 3. The average Bonchev–Trinajstić information content (AvgIpc) is 2.80. The van der Waals surface area contributed by atoms with Crippen LogP contribution in [0.3, 0.4) is 0 Å². The highest BCUT2D eigenvalue weighted by atomic mass is 35.5. The highest BCUT2D eigenvalue weighted by Crippen LogP contribution is 2.21. The van der Waals surface area contributed by atoms with Gasteiger partial charge in [0.15, 0.2) is 0 Å². The van der Waals surface area contributed by atoms with Gasteiger partial charge in [0.1, 0.15) is 0 Å². The predicted octanol–water partition coefficient (Wildman–Crippen LogP) is 5.49. The van der Waals surface area contributed by atoms with E-state index in [0.29, 0.717) is 17.1 Å². The summed E-state index contributed by atoms with van der Waals surface area (Å²) in [6.07, 6.45) is 3.71. The van der Waals surface area contributed by atoms with E-state index in [1.54, 1.807) is 24.3 Å². The van der Waals surface area contributed by atoms with Crippen molar-refractivity contribution in [2.24, 2.45) is 5.92 Å². The first-order valence-electron chi connectivity index (χ1n) is 11.1. The van der Waals surface area contributed by atoms with E-state index in [9.17, 15) is 14.4 Å². The number of likely N-dealkylation sites (N-methyl/N-ethyl adjacent to an activating group) is 1. The minimum absolute atomic E-state index is 0.0176. The van der Waals surface area contributed by atoms with Crippen molar-refractivity contribution in [3.8, 4) is 0 Å². The molecule has 3 rings (SSSR count). The van der Waals surface area contributed by atoms with E-state index in [4.69, 9.17) is 23.2 Å². The van der Waals surface area contributed by atoms with Gasteiger partial charge < -0.3 is 15.5 Å². The Morgan fingerprint density at radius 3 is 2.26 bits per heavy atom. The second-order valence-electron chi connectivity index (χ2n) is 7.68. The molecule has 34 heavy (non-hydrogen) atoms. The summed E-state index contributed by atoms with van der Waals surface area (Å²) in [5.74, 6) is -0.849. The molecule has 0 bridgehead atoms. The minimum Gasteiger partial charge on any atom is -0.358 e. The van der Waals surface area contributed by atoms with E-state index in [1.807, 2.05) is 37.3 Å². The highest BCUT2D eigenvalue weighted by molar-refractivity contribution is 6.31. The number of likely N-dealkylation sites (tertiary alicyclic amines) is 1. The van der Waals surface area contributed by atoms with E-state index in [1.165, 1.54) is 17.5 Å². The van der Waals surface area contributed by atoms with Crippen molar-refractivity contribution in [2.45, 2.75) is 33.1 Å². The quantitative estimate of drug-likeness (QED) is 0.526. The average molecular weight is 506 g/mol. The second kappa shape index (κ2) is 15.9. The van der Waals surface area contributed by atoms with Crippen molar-refractivity contribution in [3.05, 3.63) is 76.8 Å². The molecule has 1 unspecified atom stereocenters. The first-order valence-corrected chi connectivity index (χ1v) is 11.8. The molecule has 1 aliphatic rings. The first-order chi connectivity index (χ1) is 16.2. The molecule has 1 atom stereocenters. The Hall–Kier alpha value is -2.83. The summed E-state index contributed by atoms with van der Waals surface area (Å²) in [5.41, 5.74) is 1.82. The fraction of sp³-hybridized carbons (Fsp3) is 0.346. The number of hydrogen-bond donors (Lipinski definition) is 2. The van der Waals surface area contributed by atoms with Crippen LogP contribution in [0, 0.1) is 12.8 Å². The maximum absolute atomic E-state index is 12.3. The van der Waals surface area contributed by atoms with E-state index in [0.717, 1.165) is 11.4 Å². The van der Waals surface area contributed by atoms with Crippen LogP contribution < -0.4 is 10.6 Å². The molecule has 1 saturated heterocycles. The summed E-state index contributed by atoms with van der Waals surface area (Å²) in [4.78, 5) is 36.9. The summed E-state index contributed by atoms with van der Waals surface area (Å²) in [6.45, 7) is 7.79. The van der Waals surface area contributed by atoms with Gasteiger partial charge in [0.2, 0.25) is 17.7 Å². The molecule has 0 saturated carbocycles. The second-order valence-corrected chi connectivity index (χ2v) is 8.55. The molecule has 0 aliphatic carbocycles. The number of anilines is 1. The van der Waals surface area contributed by atoms with E-state index in [2.05, 4.69) is 24.1 Å². The van der Waals surface area contributed by atoms with Crippen LogP contribution >= 0.6 is 23.2 Å². The topological polar surface area (TPSA) is 78.5 Å². The molecule has 2 aromatic carbocycles. The zero-order chi connectivity index (χ0) is 25.5. The van der Waals surface area contributed by atoms with Crippen LogP contribution in [0.15, 0.2) is 61.2 Å². The Morgan fingerprint density at radius 1 is 1.15 bits per heavy atom. The molecule has 1 fully saturated rings. The van der Waals surface area contributed by atoms with Gasteiger partial charge in [0, 0.05) is 35.7 Å². The number of rotatable bonds is 5. The number of halogens is 2. The Bertz CT molecular complexity index is 949. The number of piperidine rings is 1. The number of benzene rings is 2. The molecule has 184 valence electrons. The molecule has 0 radical (unpaired) electrons. The molecule has 3 amide bonds. The number of hydrogen-bond acceptors (Lipinski definition) is 3. The largest absolute Gasteiger partial charge is 0.358 e. The minimum atomic E-state index is -0.332. The maximum Gasteiger partial charge on any atom is 0.239 e. The van der Waals surface area contributed by atoms with Gasteiger partial charge in [0.25, 0.3) is 0 Å². The smallest absolute Gasteiger partial charge is 0.239 e. The number of allylic oxidation sites excluding steroid dienone is 1. The summed E-state index contributed by atoms with van der Waals surface area (Å²) < 4.78 is 0. The van der Waals surface area contributed by atoms with Crippen molar-refractivity contribution >= 4 is 46.6 Å². The Kier molecular flexibility index (Phi) is 13.7. The third kappa shape index (κ3) is 11.3. The van der Waals surface area contributed by atoms with Crippen molar-refractivity contribution in [1.29, 1.82) is 0 Å². The molecule has 6 nitrogen and oxygen atoms in total. The predicted molar refractivity (Wildman–Crippen MR) is 140 cm³/mol. The van der Waals surface area contributed by atoms with E-state index in [-0.39, 0.29) is 43.1 Å². The van der Waals surface area contributed by atoms with Crippen molar-refractivity contribution < 1.29 is 14.4 Å². The third-order valence-corrected chi connectivity index (χ3v) is 5.32. The lowest BCUT2D eigenvalue weighted by atomic mass is 9.96. The van der Waals surface area contributed by atoms with Crippen LogP contribution in [0.5, 0.6) is 0 Å². The lowest BCUT2D eigenvalue weighted by molar-refractivity contribution is -0.140. The fourth-order valence-electron chi connectivity index (χ4n) is 2.95. The Labute approximate surface area is 212 Å². The molecular formula is C26H33Cl2N3O3. The lowest BCUT2D eigenvalue weighted by Gasteiger charge is -2.31. The van der Waals surface area contributed by atoms with Crippen molar-refractivity contribution in [1.82, 2.24) is 10.2 Å². The van der Waals surface area contributed by atoms with Crippen LogP contribution in [0.4, 0.5) is 5.69 Å². The molecule has 2 N–H and O–H groups in total. The van der Waals surface area contributed by atoms with Crippen molar-refractivity contribution in [2.75, 3.05) is 25.5 Å². The zero-order valence-corrected chi connectivity index (χ0v) is 21.5. The SMILES string of the molecule is C=CCC.CNC(=O)CN1CC(C(=O)Nc2cccc(Cl)c2)CCC1=O.Cc1cccc(Cl)c1. The van der Waals surface area contributed by atoms with Gasteiger partial charge in [-0.25, -0.2) is 0 Å². The standard InChI is InChI=1S/C15H18ClN3O3.C7H7Cl.C4H8/c1-17-13(20)9-19-8-10(5-6-14(19)21)15(22)18-12-4-2-3-11(16)7-12;1-6-3-2-4-7(8)5-6;1-3-4-2/h2-4,7,10H,5-6,8-9H2,1H3,(H,17,20)(H,18,22);2-5H,1H3;3H,1,4H2,2H3. The number of aryl methyl sites for hydroxylation is 1. The van der Waals surface area contributed by atoms with Gasteiger partial charge >= 0.3 is 0 Å². The number of nitrogens with zero attached hydrogens (tertiary/aromatic N) is 1. The first kappa shape index (κ1) is 29.2. The van der Waals surface area contributed by atoms with Gasteiger partial charge in [0.05, 0.1) is 12.5 Å². The molecule has 2 aromatic rings. The van der Waals surface area contributed by atoms with Crippen LogP contribution in [0.1, 0.15) is 31.7 Å². The lowest BCUT2D eigenvalue weighted by Crippen LogP contribution is -2.47. The number of amides is 3. The Balaban J connectivity index is 0.000000395. The zero-order valence-electron chi connectivity index (χ0n) is 19.9. The molecule has 8 heteroatoms. The normalized spacial score (nSPS) is 14.6. The third-order valence-electron chi connectivity index (χ3n) is 4.85.